The van der Waals surface area contributed by atoms with Crippen molar-refractivity contribution in [1.29, 1.82) is 0 Å². The molecule has 0 aromatic carbocycles. The molecule has 0 unspecified atom stereocenters. The van der Waals surface area contributed by atoms with Crippen LogP contribution in [-0.4, -0.2) is 41.8 Å². The van der Waals surface area contributed by atoms with Gasteiger partial charge in [0.2, 0.25) is 0 Å². The molecule has 6 nitrogen and oxygen atoms in total. The second-order valence-electron chi connectivity index (χ2n) is 4.54. The van der Waals surface area contributed by atoms with E-state index in [-0.39, 0.29) is 17.0 Å². The number of hydrogen-bond donors (Lipinski definition) is 2. The summed E-state index contributed by atoms with van der Waals surface area (Å²) in [5.74, 6) is 0.237. The molecule has 7 heteroatoms. The van der Waals surface area contributed by atoms with Crippen LogP contribution in [0.5, 0.6) is 0 Å². The number of aromatic amines is 1. The smallest absolute Gasteiger partial charge is 0.260 e. The van der Waals surface area contributed by atoms with Gasteiger partial charge in [0.25, 0.3) is 10.0 Å². The van der Waals surface area contributed by atoms with Gasteiger partial charge in [-0.1, -0.05) is 0 Å². The molecule has 1 saturated heterocycles. The molecule has 1 aromatic rings. The molecular formula is C10H18N4O2S. The second kappa shape index (κ2) is 4.75. The van der Waals surface area contributed by atoms with Crippen molar-refractivity contribution >= 4 is 10.0 Å². The number of nitrogens with one attached hydrogen (secondary N) is 1. The van der Waals surface area contributed by atoms with Crippen molar-refractivity contribution in [2.45, 2.75) is 30.8 Å². The van der Waals surface area contributed by atoms with Crippen LogP contribution in [-0.2, 0) is 10.0 Å². The molecule has 1 fully saturated rings. The van der Waals surface area contributed by atoms with Crippen LogP contribution in [0.2, 0.25) is 0 Å². The van der Waals surface area contributed by atoms with Gasteiger partial charge in [0, 0.05) is 19.1 Å². The Hall–Kier alpha value is -0.920. The summed E-state index contributed by atoms with van der Waals surface area (Å²) in [4.78, 5) is 6.40. The van der Waals surface area contributed by atoms with Crippen molar-refractivity contribution in [1.82, 2.24) is 14.3 Å². The van der Waals surface area contributed by atoms with Crippen LogP contribution in [0.4, 0.5) is 0 Å². The van der Waals surface area contributed by atoms with Crippen molar-refractivity contribution < 1.29 is 8.42 Å². The summed E-state index contributed by atoms with van der Waals surface area (Å²) in [5.41, 5.74) is 5.85. The van der Waals surface area contributed by atoms with Gasteiger partial charge in [0.1, 0.15) is 0 Å². The SMILES string of the molecule is C[C@@H](N)[C@H]1CCCN(S(=O)(=O)c2cnc[nH]2)C1. The minimum absolute atomic E-state index is 0.0229. The molecule has 3 N–H and O–H groups in total. The lowest BCUT2D eigenvalue weighted by atomic mass is 9.93. The average molecular weight is 258 g/mol. The highest BCUT2D eigenvalue weighted by Gasteiger charge is 2.32. The molecule has 0 spiro atoms. The van der Waals surface area contributed by atoms with E-state index in [0.717, 1.165) is 12.8 Å². The van der Waals surface area contributed by atoms with Crippen molar-refractivity contribution in [2.75, 3.05) is 13.1 Å². The largest absolute Gasteiger partial charge is 0.335 e. The van der Waals surface area contributed by atoms with E-state index in [1.807, 2.05) is 6.92 Å². The van der Waals surface area contributed by atoms with E-state index in [2.05, 4.69) is 9.97 Å². The van der Waals surface area contributed by atoms with Gasteiger partial charge >= 0.3 is 0 Å². The Balaban J connectivity index is 2.17. The maximum atomic E-state index is 12.2. The minimum Gasteiger partial charge on any atom is -0.335 e. The van der Waals surface area contributed by atoms with E-state index >= 15 is 0 Å². The maximum Gasteiger partial charge on any atom is 0.260 e. The van der Waals surface area contributed by atoms with Gasteiger partial charge in [-0.05, 0) is 25.7 Å². The van der Waals surface area contributed by atoms with Crippen molar-refractivity contribution in [3.05, 3.63) is 12.5 Å². The molecule has 2 heterocycles. The van der Waals surface area contributed by atoms with Gasteiger partial charge in [-0.3, -0.25) is 0 Å². The summed E-state index contributed by atoms with van der Waals surface area (Å²) >= 11 is 0. The molecule has 1 aromatic heterocycles. The van der Waals surface area contributed by atoms with E-state index in [1.165, 1.54) is 16.8 Å². The van der Waals surface area contributed by atoms with Gasteiger partial charge in [0.05, 0.1) is 12.5 Å². The number of imidazole rings is 1. The molecule has 96 valence electrons. The molecule has 0 aliphatic carbocycles. The van der Waals surface area contributed by atoms with Gasteiger partial charge in [-0.25, -0.2) is 13.4 Å². The van der Waals surface area contributed by atoms with E-state index < -0.39 is 10.0 Å². The summed E-state index contributed by atoms with van der Waals surface area (Å²) in [5, 5.41) is 0.155. The van der Waals surface area contributed by atoms with Crippen LogP contribution >= 0.6 is 0 Å². The summed E-state index contributed by atoms with van der Waals surface area (Å²) in [7, 11) is -3.43. The van der Waals surface area contributed by atoms with Gasteiger partial charge < -0.3 is 10.7 Å². The Labute approximate surface area is 101 Å². The van der Waals surface area contributed by atoms with Gasteiger partial charge in [-0.2, -0.15) is 4.31 Å². The number of hydrogen-bond acceptors (Lipinski definition) is 4. The first kappa shape index (κ1) is 12.5. The first-order chi connectivity index (χ1) is 8.01. The lowest BCUT2D eigenvalue weighted by Crippen LogP contribution is -2.45. The first-order valence-electron chi connectivity index (χ1n) is 5.76. The van der Waals surface area contributed by atoms with Crippen LogP contribution in [0.25, 0.3) is 0 Å². The van der Waals surface area contributed by atoms with E-state index in [0.29, 0.717) is 13.1 Å². The molecule has 1 aliphatic heterocycles. The van der Waals surface area contributed by atoms with Crippen LogP contribution < -0.4 is 5.73 Å². The molecule has 0 saturated carbocycles. The standard InChI is InChI=1S/C10H18N4O2S/c1-8(11)9-3-2-4-14(6-9)17(15,16)10-5-12-7-13-10/h5,7-9H,2-4,6,11H2,1H3,(H,12,13)/t8-,9+/m1/s1. The number of H-pyrrole nitrogens is 1. The Kier molecular flexibility index (Phi) is 3.50. The third-order valence-corrected chi connectivity index (χ3v) is 5.05. The summed E-state index contributed by atoms with van der Waals surface area (Å²) < 4.78 is 26.0. The Morgan fingerprint density at radius 3 is 3.00 bits per heavy atom. The zero-order valence-electron chi connectivity index (χ0n) is 9.83. The minimum atomic E-state index is -3.43. The fourth-order valence-corrected chi connectivity index (χ4v) is 3.58. The lowest BCUT2D eigenvalue weighted by Gasteiger charge is -2.33. The Morgan fingerprint density at radius 2 is 2.41 bits per heavy atom. The third-order valence-electron chi connectivity index (χ3n) is 3.26. The predicted octanol–water partition coefficient (Wildman–Crippen LogP) is 0.158. The van der Waals surface area contributed by atoms with E-state index in [4.69, 9.17) is 5.73 Å². The highest BCUT2D eigenvalue weighted by molar-refractivity contribution is 7.89. The monoisotopic (exact) mass is 258 g/mol. The summed E-state index contributed by atoms with van der Waals surface area (Å²) in [6, 6.07) is 0.0229. The maximum absolute atomic E-state index is 12.2. The van der Waals surface area contributed by atoms with Crippen LogP contribution in [0.3, 0.4) is 0 Å². The molecule has 0 bridgehead atoms. The molecule has 17 heavy (non-hydrogen) atoms. The number of nitrogens with two attached hydrogens (primary N) is 1. The Morgan fingerprint density at radius 1 is 1.65 bits per heavy atom. The highest BCUT2D eigenvalue weighted by Crippen LogP contribution is 2.23. The number of aromatic nitrogens is 2. The quantitative estimate of drug-likeness (QED) is 0.807. The van der Waals surface area contributed by atoms with Crippen LogP contribution in [0.1, 0.15) is 19.8 Å². The van der Waals surface area contributed by atoms with Gasteiger partial charge in [-0.15, -0.1) is 0 Å². The molecule has 0 radical (unpaired) electrons. The summed E-state index contributed by atoms with van der Waals surface area (Å²) in [6.45, 7) is 2.99. The zero-order chi connectivity index (χ0) is 12.5. The Bertz CT molecular complexity index is 455. The average Bonchev–Trinajstić information content (AvgIpc) is 2.83. The normalized spacial score (nSPS) is 24.7. The number of rotatable bonds is 3. The number of piperidine rings is 1. The van der Waals surface area contributed by atoms with Crippen molar-refractivity contribution in [2.24, 2.45) is 11.7 Å². The highest BCUT2D eigenvalue weighted by atomic mass is 32.2. The predicted molar refractivity (Wildman–Crippen MR) is 63.7 cm³/mol. The molecule has 1 aliphatic rings. The molecular weight excluding hydrogens is 240 g/mol. The summed E-state index contributed by atoms with van der Waals surface area (Å²) in [6.07, 6.45) is 4.57. The van der Waals surface area contributed by atoms with Gasteiger partial charge in [0.15, 0.2) is 5.03 Å². The fourth-order valence-electron chi connectivity index (χ4n) is 2.14. The molecule has 0 amide bonds. The fraction of sp³-hybridized carbons (Fsp3) is 0.700. The van der Waals surface area contributed by atoms with Crippen molar-refractivity contribution in [3.8, 4) is 0 Å². The number of nitrogens with zero attached hydrogens (tertiary/aromatic N) is 2. The third kappa shape index (κ3) is 2.51. The zero-order valence-corrected chi connectivity index (χ0v) is 10.7. The topological polar surface area (TPSA) is 92.1 Å². The van der Waals surface area contributed by atoms with E-state index in [1.54, 1.807) is 0 Å². The molecule has 2 rings (SSSR count). The molecule has 2 atom stereocenters. The van der Waals surface area contributed by atoms with Crippen molar-refractivity contribution in [3.63, 3.8) is 0 Å². The van der Waals surface area contributed by atoms with Crippen LogP contribution in [0.15, 0.2) is 17.6 Å². The first-order valence-corrected chi connectivity index (χ1v) is 7.20. The lowest BCUT2D eigenvalue weighted by molar-refractivity contribution is 0.243. The second-order valence-corrected chi connectivity index (χ2v) is 6.45. The van der Waals surface area contributed by atoms with Crippen LogP contribution in [0, 0.1) is 5.92 Å². The van der Waals surface area contributed by atoms with E-state index in [9.17, 15) is 8.42 Å². The number of sulfonamides is 1.